The Kier molecular flexibility index (Phi) is 4.97. The Labute approximate surface area is 137 Å². The van der Waals surface area contributed by atoms with Gasteiger partial charge in [-0.25, -0.2) is 0 Å². The largest absolute Gasteiger partial charge is 0.573 e. The molecular weight excluding hydrogens is 321 g/mol. The van der Waals surface area contributed by atoms with Gasteiger partial charge >= 0.3 is 6.36 Å². The fourth-order valence-electron chi connectivity index (χ4n) is 2.23. The van der Waals surface area contributed by atoms with Gasteiger partial charge in [-0.1, -0.05) is 18.2 Å². The van der Waals surface area contributed by atoms with Crippen LogP contribution in [-0.4, -0.2) is 17.3 Å². The number of hydrogen-bond acceptors (Lipinski definition) is 3. The Morgan fingerprint density at radius 1 is 1.12 bits per heavy atom. The number of alkyl halides is 3. The van der Waals surface area contributed by atoms with Gasteiger partial charge in [0, 0.05) is 0 Å². The normalized spacial score (nSPS) is 11.7. The molecule has 0 atom stereocenters. The van der Waals surface area contributed by atoms with Crippen LogP contribution in [-0.2, 0) is 0 Å². The first kappa shape index (κ1) is 17.6. The van der Waals surface area contributed by atoms with Gasteiger partial charge in [0.15, 0.2) is 5.78 Å². The van der Waals surface area contributed by atoms with Gasteiger partial charge < -0.3 is 9.84 Å². The molecule has 6 heteroatoms. The van der Waals surface area contributed by atoms with Crippen LogP contribution in [0.1, 0.15) is 27.0 Å². The van der Waals surface area contributed by atoms with Crippen molar-refractivity contribution in [3.8, 4) is 11.5 Å². The van der Waals surface area contributed by atoms with E-state index in [0.29, 0.717) is 16.7 Å². The summed E-state index contributed by atoms with van der Waals surface area (Å²) in [5, 5.41) is 9.72. The van der Waals surface area contributed by atoms with E-state index in [0.717, 1.165) is 6.07 Å². The lowest BCUT2D eigenvalue weighted by molar-refractivity contribution is -0.274. The first-order valence-corrected chi connectivity index (χ1v) is 7.05. The van der Waals surface area contributed by atoms with Crippen LogP contribution in [0.25, 0.3) is 6.08 Å². The highest BCUT2D eigenvalue weighted by Gasteiger charge is 2.32. The number of carbonyl (C=O) groups is 1. The summed E-state index contributed by atoms with van der Waals surface area (Å²) in [5.74, 6) is -0.988. The fraction of sp³-hybridized carbons (Fsp3) is 0.167. The molecular formula is C18H15F3O3. The highest BCUT2D eigenvalue weighted by molar-refractivity contribution is 6.08. The highest BCUT2D eigenvalue weighted by atomic mass is 19.4. The Morgan fingerprint density at radius 3 is 2.29 bits per heavy atom. The molecule has 0 unspecified atom stereocenters. The summed E-state index contributed by atoms with van der Waals surface area (Å²) in [6.45, 7) is 3.43. The van der Waals surface area contributed by atoms with E-state index >= 15 is 0 Å². The van der Waals surface area contributed by atoms with Crippen LogP contribution in [0.15, 0.2) is 42.5 Å². The van der Waals surface area contributed by atoms with Crippen molar-refractivity contribution >= 4 is 11.9 Å². The van der Waals surface area contributed by atoms with E-state index in [1.54, 1.807) is 26.0 Å². The molecule has 0 saturated heterocycles. The number of allylic oxidation sites excluding steroid dienone is 1. The van der Waals surface area contributed by atoms with Crippen molar-refractivity contribution in [2.45, 2.75) is 20.2 Å². The average molecular weight is 336 g/mol. The summed E-state index contributed by atoms with van der Waals surface area (Å²) in [4.78, 5) is 12.2. The van der Waals surface area contributed by atoms with Crippen molar-refractivity contribution < 1.29 is 27.8 Å². The molecule has 3 nitrogen and oxygen atoms in total. The number of ether oxygens (including phenoxy) is 1. The zero-order valence-corrected chi connectivity index (χ0v) is 13.0. The van der Waals surface area contributed by atoms with Crippen LogP contribution in [0, 0.1) is 13.8 Å². The number of carbonyl (C=O) groups excluding carboxylic acids is 1. The molecule has 2 rings (SSSR count). The summed E-state index contributed by atoms with van der Waals surface area (Å²) >= 11 is 0. The average Bonchev–Trinajstić information content (AvgIpc) is 2.49. The molecule has 0 saturated carbocycles. The smallest absolute Gasteiger partial charge is 0.507 e. The van der Waals surface area contributed by atoms with Gasteiger partial charge in [-0.05, 0) is 60.9 Å². The Hall–Kier alpha value is -2.76. The summed E-state index contributed by atoms with van der Waals surface area (Å²) in [7, 11) is 0. The minimum absolute atomic E-state index is 0.169. The van der Waals surface area contributed by atoms with E-state index in [-0.39, 0.29) is 11.3 Å². The Balaban J connectivity index is 2.27. The molecule has 1 N–H and O–H groups in total. The topological polar surface area (TPSA) is 46.5 Å². The van der Waals surface area contributed by atoms with Gasteiger partial charge in [0.25, 0.3) is 0 Å². The molecule has 0 aliphatic rings. The van der Waals surface area contributed by atoms with Crippen LogP contribution in [0.5, 0.6) is 11.5 Å². The predicted octanol–water partition coefficient (Wildman–Crippen LogP) is 4.80. The lowest BCUT2D eigenvalue weighted by atomic mass is 10.0. The number of aryl methyl sites for hydroxylation is 2. The number of hydrogen-bond donors (Lipinski definition) is 1. The van der Waals surface area contributed by atoms with Gasteiger partial charge in [0.05, 0.1) is 5.56 Å². The minimum atomic E-state index is -4.87. The monoisotopic (exact) mass is 336 g/mol. The number of rotatable bonds is 4. The lowest BCUT2D eigenvalue weighted by Crippen LogP contribution is -2.18. The second kappa shape index (κ2) is 6.78. The number of benzene rings is 2. The van der Waals surface area contributed by atoms with Gasteiger partial charge in [-0.2, -0.15) is 0 Å². The van der Waals surface area contributed by atoms with Crippen LogP contribution in [0.3, 0.4) is 0 Å². The van der Waals surface area contributed by atoms with E-state index < -0.39 is 17.9 Å². The first-order valence-electron chi connectivity index (χ1n) is 7.05. The fourth-order valence-corrected chi connectivity index (χ4v) is 2.23. The number of halogens is 3. The lowest BCUT2D eigenvalue weighted by Gasteiger charge is -2.11. The van der Waals surface area contributed by atoms with Crippen LogP contribution >= 0.6 is 0 Å². The van der Waals surface area contributed by atoms with E-state index in [1.165, 1.54) is 30.4 Å². The number of ketones is 1. The molecule has 126 valence electrons. The van der Waals surface area contributed by atoms with Gasteiger partial charge in [0.1, 0.15) is 11.5 Å². The zero-order valence-electron chi connectivity index (χ0n) is 13.0. The Bertz CT molecular complexity index is 769. The van der Waals surface area contributed by atoms with Crippen molar-refractivity contribution in [3.63, 3.8) is 0 Å². The molecule has 0 bridgehead atoms. The molecule has 0 spiro atoms. The quantitative estimate of drug-likeness (QED) is 0.644. The van der Waals surface area contributed by atoms with E-state index in [2.05, 4.69) is 4.74 Å². The third kappa shape index (κ3) is 4.38. The maximum absolute atomic E-state index is 12.4. The standard InChI is InChI=1S/C18H15F3O3/c1-11-9-13(10-12(2)17(11)23)7-8-15(22)14-5-3-4-6-16(14)24-18(19,20)21/h3-10,23H,1-2H3. The number of para-hydroxylation sites is 1. The van der Waals surface area contributed by atoms with Gasteiger partial charge in [-0.15, -0.1) is 13.2 Å². The number of phenolic OH excluding ortho intramolecular Hbond substituents is 1. The molecule has 0 aromatic heterocycles. The van der Waals surface area contributed by atoms with Crippen molar-refractivity contribution in [2.24, 2.45) is 0 Å². The predicted molar refractivity (Wildman–Crippen MR) is 84.1 cm³/mol. The molecule has 0 aliphatic heterocycles. The molecule has 0 radical (unpaired) electrons. The SMILES string of the molecule is Cc1cc(C=CC(=O)c2ccccc2OC(F)(F)F)cc(C)c1O. The van der Waals surface area contributed by atoms with Crippen molar-refractivity contribution in [1.82, 2.24) is 0 Å². The summed E-state index contributed by atoms with van der Waals surface area (Å²) in [6.07, 6.45) is -2.22. The number of aromatic hydroxyl groups is 1. The molecule has 2 aromatic carbocycles. The first-order chi connectivity index (χ1) is 11.2. The van der Waals surface area contributed by atoms with Gasteiger partial charge in [0.2, 0.25) is 0 Å². The van der Waals surface area contributed by atoms with Crippen LogP contribution in [0.4, 0.5) is 13.2 Å². The summed E-state index contributed by atoms with van der Waals surface area (Å²) < 4.78 is 41.0. The van der Waals surface area contributed by atoms with Gasteiger partial charge in [-0.3, -0.25) is 4.79 Å². The Morgan fingerprint density at radius 2 is 1.71 bits per heavy atom. The third-order valence-corrected chi connectivity index (χ3v) is 3.32. The summed E-state index contributed by atoms with van der Waals surface area (Å²) in [6, 6.07) is 8.51. The van der Waals surface area contributed by atoms with Crippen molar-refractivity contribution in [2.75, 3.05) is 0 Å². The van der Waals surface area contributed by atoms with Crippen LogP contribution in [0.2, 0.25) is 0 Å². The molecule has 0 fully saturated rings. The highest BCUT2D eigenvalue weighted by Crippen LogP contribution is 2.27. The van der Waals surface area contributed by atoms with E-state index in [9.17, 15) is 23.1 Å². The molecule has 24 heavy (non-hydrogen) atoms. The molecule has 0 aliphatic carbocycles. The van der Waals surface area contributed by atoms with Crippen LogP contribution < -0.4 is 4.74 Å². The van der Waals surface area contributed by atoms with Crippen molar-refractivity contribution in [3.05, 3.63) is 64.7 Å². The van der Waals surface area contributed by atoms with Crippen molar-refractivity contribution in [1.29, 1.82) is 0 Å². The third-order valence-electron chi connectivity index (χ3n) is 3.32. The second-order valence-electron chi connectivity index (χ2n) is 5.24. The van der Waals surface area contributed by atoms with E-state index in [4.69, 9.17) is 0 Å². The molecule has 0 amide bonds. The minimum Gasteiger partial charge on any atom is -0.507 e. The van der Waals surface area contributed by atoms with E-state index in [1.807, 2.05) is 0 Å². The molecule has 2 aromatic rings. The maximum atomic E-state index is 12.4. The molecule has 0 heterocycles. The maximum Gasteiger partial charge on any atom is 0.573 e. The zero-order chi connectivity index (χ0) is 17.9. The second-order valence-corrected chi connectivity index (χ2v) is 5.24. The summed E-state index contributed by atoms with van der Waals surface area (Å²) in [5.41, 5.74) is 1.76. The number of phenols is 1.